The molecule has 1 aromatic rings. The zero-order chi connectivity index (χ0) is 26.8. The standard InChI is InChI=1S/C25H42N6O5/c1-16-14-30(15-17(2)31(16)24(33)36-25(4,5)6)20-13-21(27-22(26-20)23(32)29(8)34-9)35-18(3)19-11-10-12-28(19)7/h13,16-19H,10-12,14-15H2,1-9H3/t16-,17+,18-,19-/m0/s1. The van der Waals surface area contributed by atoms with Gasteiger partial charge in [0.15, 0.2) is 0 Å². The number of hydrogen-bond donors (Lipinski definition) is 0. The maximum atomic E-state index is 12.9. The SMILES string of the molecule is CON(C)C(=O)c1nc(O[C@@H](C)[C@@H]2CCCN2C)cc(N2C[C@@H](C)N(C(=O)OC(C)(C)C)[C@@H](C)C2)n1. The number of ether oxygens (including phenoxy) is 2. The number of rotatable bonds is 6. The molecule has 2 amide bonds. The lowest BCUT2D eigenvalue weighted by Crippen LogP contribution is -2.59. The average Bonchev–Trinajstić information content (AvgIpc) is 3.22. The molecule has 2 aliphatic rings. The molecule has 0 radical (unpaired) electrons. The topological polar surface area (TPSA) is 101 Å². The van der Waals surface area contributed by atoms with Crippen LogP contribution in [-0.2, 0) is 9.57 Å². The third kappa shape index (κ3) is 6.56. The maximum absolute atomic E-state index is 12.9. The van der Waals surface area contributed by atoms with Gasteiger partial charge in [-0.2, -0.15) is 4.98 Å². The molecule has 2 fully saturated rings. The van der Waals surface area contributed by atoms with E-state index in [1.165, 1.54) is 14.2 Å². The lowest BCUT2D eigenvalue weighted by Gasteiger charge is -2.44. The number of hydrogen-bond acceptors (Lipinski definition) is 9. The number of carbonyl (C=O) groups is 2. The van der Waals surface area contributed by atoms with Gasteiger partial charge in [-0.1, -0.05) is 0 Å². The van der Waals surface area contributed by atoms with E-state index in [9.17, 15) is 9.59 Å². The molecule has 11 nitrogen and oxygen atoms in total. The summed E-state index contributed by atoms with van der Waals surface area (Å²) in [5.41, 5.74) is -0.570. The van der Waals surface area contributed by atoms with Gasteiger partial charge < -0.3 is 14.4 Å². The largest absolute Gasteiger partial charge is 0.473 e. The smallest absolute Gasteiger partial charge is 0.410 e. The minimum atomic E-state index is -0.570. The van der Waals surface area contributed by atoms with E-state index in [1.54, 1.807) is 11.0 Å². The van der Waals surface area contributed by atoms with E-state index in [4.69, 9.17) is 14.3 Å². The van der Waals surface area contributed by atoms with Crippen molar-refractivity contribution in [2.45, 2.75) is 84.2 Å². The lowest BCUT2D eigenvalue weighted by molar-refractivity contribution is -0.0764. The van der Waals surface area contributed by atoms with Crippen molar-refractivity contribution in [3.63, 3.8) is 0 Å². The molecule has 0 N–H and O–H groups in total. The molecule has 0 aliphatic carbocycles. The number of nitrogens with zero attached hydrogens (tertiary/aromatic N) is 6. The summed E-state index contributed by atoms with van der Waals surface area (Å²) >= 11 is 0. The summed E-state index contributed by atoms with van der Waals surface area (Å²) in [6.45, 7) is 13.6. The Labute approximate surface area is 214 Å². The third-order valence-electron chi connectivity index (χ3n) is 6.71. The van der Waals surface area contributed by atoms with Crippen LogP contribution in [-0.4, -0.2) is 108 Å². The first-order valence-corrected chi connectivity index (χ1v) is 12.6. The lowest BCUT2D eigenvalue weighted by atomic mass is 10.1. The summed E-state index contributed by atoms with van der Waals surface area (Å²) in [6, 6.07) is 1.80. The number of carbonyl (C=O) groups excluding carboxylic acids is 2. The van der Waals surface area contributed by atoms with E-state index in [2.05, 4.69) is 26.8 Å². The van der Waals surface area contributed by atoms with Gasteiger partial charge in [0, 0.05) is 32.2 Å². The molecule has 1 aromatic heterocycles. The van der Waals surface area contributed by atoms with Crippen molar-refractivity contribution >= 4 is 17.8 Å². The van der Waals surface area contributed by atoms with Crippen molar-refractivity contribution in [2.75, 3.05) is 45.7 Å². The van der Waals surface area contributed by atoms with E-state index in [-0.39, 0.29) is 36.1 Å². The van der Waals surface area contributed by atoms with Crippen LogP contribution < -0.4 is 9.64 Å². The van der Waals surface area contributed by atoms with Gasteiger partial charge in [-0.3, -0.25) is 19.4 Å². The number of anilines is 1. The van der Waals surface area contributed by atoms with Gasteiger partial charge in [0.1, 0.15) is 17.5 Å². The van der Waals surface area contributed by atoms with Crippen LogP contribution in [0.2, 0.25) is 0 Å². The van der Waals surface area contributed by atoms with Crippen LogP contribution in [0.3, 0.4) is 0 Å². The summed E-state index contributed by atoms with van der Waals surface area (Å²) in [5, 5.41) is 1.09. The van der Waals surface area contributed by atoms with Crippen molar-refractivity contribution in [3.05, 3.63) is 11.9 Å². The first-order valence-electron chi connectivity index (χ1n) is 12.6. The Balaban J connectivity index is 1.86. The fourth-order valence-electron chi connectivity index (χ4n) is 4.94. The maximum Gasteiger partial charge on any atom is 0.410 e. The summed E-state index contributed by atoms with van der Waals surface area (Å²) < 4.78 is 11.9. The highest BCUT2D eigenvalue weighted by molar-refractivity contribution is 5.90. The summed E-state index contributed by atoms with van der Waals surface area (Å²) in [5.74, 6) is 0.440. The Bertz CT molecular complexity index is 926. The van der Waals surface area contributed by atoms with Gasteiger partial charge >= 0.3 is 12.0 Å². The van der Waals surface area contributed by atoms with E-state index < -0.39 is 11.5 Å². The normalized spacial score (nSPS) is 24.0. The van der Waals surface area contributed by atoms with Crippen LogP contribution in [0.1, 0.15) is 65.0 Å². The first-order chi connectivity index (χ1) is 16.8. The summed E-state index contributed by atoms with van der Waals surface area (Å²) in [7, 11) is 5.02. The molecule has 2 saturated heterocycles. The molecular formula is C25H42N6O5. The van der Waals surface area contributed by atoms with E-state index in [0.717, 1.165) is 24.4 Å². The zero-order valence-electron chi connectivity index (χ0n) is 23.1. The number of likely N-dealkylation sites (tertiary alicyclic amines) is 1. The molecule has 36 heavy (non-hydrogen) atoms. The quantitative estimate of drug-likeness (QED) is 0.539. The van der Waals surface area contributed by atoms with E-state index >= 15 is 0 Å². The molecule has 0 spiro atoms. The summed E-state index contributed by atoms with van der Waals surface area (Å²) in [6.07, 6.45) is 1.74. The number of piperazine rings is 1. The highest BCUT2D eigenvalue weighted by Gasteiger charge is 2.37. The van der Waals surface area contributed by atoms with Crippen molar-refractivity contribution in [1.29, 1.82) is 0 Å². The van der Waals surface area contributed by atoms with Gasteiger partial charge in [0.25, 0.3) is 0 Å². The van der Waals surface area contributed by atoms with Crippen molar-refractivity contribution in [1.82, 2.24) is 24.8 Å². The fraction of sp³-hybridized carbons (Fsp3) is 0.760. The number of likely N-dealkylation sites (N-methyl/N-ethyl adjacent to an activating group) is 1. The van der Waals surface area contributed by atoms with Gasteiger partial charge in [0.2, 0.25) is 11.7 Å². The molecule has 4 atom stereocenters. The van der Waals surface area contributed by atoms with Crippen molar-refractivity contribution < 1.29 is 23.9 Å². The highest BCUT2D eigenvalue weighted by atomic mass is 16.7. The van der Waals surface area contributed by atoms with Crippen molar-refractivity contribution in [2.24, 2.45) is 0 Å². The molecule has 3 rings (SSSR count). The number of amides is 2. The molecule has 0 bridgehead atoms. The van der Waals surface area contributed by atoms with Crippen LogP contribution in [0.15, 0.2) is 6.07 Å². The Morgan fingerprint density at radius 1 is 1.17 bits per heavy atom. The molecular weight excluding hydrogens is 464 g/mol. The highest BCUT2D eigenvalue weighted by Crippen LogP contribution is 2.27. The fourth-order valence-corrected chi connectivity index (χ4v) is 4.94. The average molecular weight is 507 g/mol. The Hall–Kier alpha value is -2.66. The molecule has 3 heterocycles. The van der Waals surface area contributed by atoms with E-state index in [0.29, 0.717) is 24.8 Å². The molecule has 0 aromatic carbocycles. The van der Waals surface area contributed by atoms with Crippen LogP contribution >= 0.6 is 0 Å². The first kappa shape index (κ1) is 27.9. The number of aromatic nitrogens is 2. The predicted molar refractivity (Wildman–Crippen MR) is 136 cm³/mol. The minimum absolute atomic E-state index is 0.00583. The van der Waals surface area contributed by atoms with Gasteiger partial charge in [-0.05, 0) is 68.0 Å². The van der Waals surface area contributed by atoms with Crippen LogP contribution in [0.25, 0.3) is 0 Å². The third-order valence-corrected chi connectivity index (χ3v) is 6.71. The Morgan fingerprint density at radius 2 is 1.81 bits per heavy atom. The molecule has 202 valence electrons. The Kier molecular flexibility index (Phi) is 8.66. The van der Waals surface area contributed by atoms with Gasteiger partial charge in [-0.15, -0.1) is 0 Å². The van der Waals surface area contributed by atoms with Gasteiger partial charge in [0.05, 0.1) is 19.2 Å². The van der Waals surface area contributed by atoms with Crippen LogP contribution in [0.4, 0.5) is 10.6 Å². The van der Waals surface area contributed by atoms with Crippen LogP contribution in [0, 0.1) is 0 Å². The second-order valence-corrected chi connectivity index (χ2v) is 10.9. The second-order valence-electron chi connectivity index (χ2n) is 10.9. The monoisotopic (exact) mass is 506 g/mol. The van der Waals surface area contributed by atoms with Crippen molar-refractivity contribution in [3.8, 4) is 5.88 Å². The van der Waals surface area contributed by atoms with Crippen LogP contribution in [0.5, 0.6) is 5.88 Å². The zero-order valence-corrected chi connectivity index (χ0v) is 23.1. The van der Waals surface area contributed by atoms with Gasteiger partial charge in [-0.25, -0.2) is 14.8 Å². The number of hydroxylamine groups is 2. The molecule has 0 unspecified atom stereocenters. The predicted octanol–water partition coefficient (Wildman–Crippen LogP) is 2.81. The summed E-state index contributed by atoms with van der Waals surface area (Å²) in [4.78, 5) is 45.9. The molecule has 0 saturated carbocycles. The molecule has 11 heteroatoms. The molecule has 2 aliphatic heterocycles. The Morgan fingerprint density at radius 3 is 2.33 bits per heavy atom. The second kappa shape index (κ2) is 11.2. The van der Waals surface area contributed by atoms with E-state index in [1.807, 2.05) is 41.5 Å². The minimum Gasteiger partial charge on any atom is -0.473 e.